The zero-order valence-electron chi connectivity index (χ0n) is 17.4. The summed E-state index contributed by atoms with van der Waals surface area (Å²) in [4.78, 5) is 30.2. The Hall–Kier alpha value is -3.04. The maximum absolute atomic E-state index is 12.6. The highest BCUT2D eigenvalue weighted by atomic mass is 35.5. The number of methoxy groups -OCH3 is 1. The fourth-order valence-electron chi connectivity index (χ4n) is 3.15. The number of rotatable bonds is 8. The Morgan fingerprint density at radius 1 is 1.39 bits per heavy atom. The number of pyridine rings is 1. The number of amides is 2. The number of carbonyl (C=O) groups is 2. The smallest absolute Gasteiger partial charge is 0.255 e. The van der Waals surface area contributed by atoms with E-state index >= 15 is 0 Å². The van der Waals surface area contributed by atoms with Gasteiger partial charge in [0, 0.05) is 31.4 Å². The minimum Gasteiger partial charge on any atom is -0.493 e. The molecule has 1 fully saturated rings. The summed E-state index contributed by atoms with van der Waals surface area (Å²) in [6, 6.07) is 6.79. The van der Waals surface area contributed by atoms with Crippen molar-refractivity contribution in [2.24, 2.45) is 5.73 Å². The molecule has 1 atom stereocenters. The average Bonchev–Trinajstić information content (AvgIpc) is 2.76. The van der Waals surface area contributed by atoms with E-state index in [1.165, 1.54) is 19.2 Å². The van der Waals surface area contributed by atoms with Gasteiger partial charge in [-0.2, -0.15) is 0 Å². The number of primary amides is 1. The topological polar surface area (TPSA) is 116 Å². The quantitative estimate of drug-likeness (QED) is 0.632. The van der Waals surface area contributed by atoms with Gasteiger partial charge in [-0.3, -0.25) is 9.59 Å². The second-order valence-electron chi connectivity index (χ2n) is 7.08. The highest BCUT2D eigenvalue weighted by molar-refractivity contribution is 6.32. The van der Waals surface area contributed by atoms with E-state index in [0.717, 1.165) is 24.5 Å². The van der Waals surface area contributed by atoms with Crippen LogP contribution in [-0.2, 0) is 16.1 Å². The number of benzene rings is 1. The molecule has 2 aromatic rings. The largest absolute Gasteiger partial charge is 0.493 e. The first-order chi connectivity index (χ1) is 14.9. The van der Waals surface area contributed by atoms with Crippen molar-refractivity contribution in [3.8, 4) is 11.5 Å². The van der Waals surface area contributed by atoms with E-state index in [2.05, 4.69) is 15.2 Å². The third kappa shape index (κ3) is 5.99. The Balaban J connectivity index is 1.62. The second-order valence-corrected chi connectivity index (χ2v) is 7.49. The molecule has 0 saturated carbocycles. The van der Waals surface area contributed by atoms with Gasteiger partial charge < -0.3 is 30.2 Å². The summed E-state index contributed by atoms with van der Waals surface area (Å²) < 4.78 is 16.0. The van der Waals surface area contributed by atoms with Crippen LogP contribution in [0.25, 0.3) is 0 Å². The Kier molecular flexibility index (Phi) is 7.54. The van der Waals surface area contributed by atoms with Crippen molar-refractivity contribution in [3.05, 3.63) is 46.6 Å². The molecule has 1 saturated heterocycles. The molecular formula is C21H25ClN4O5. The molecule has 3 rings (SSSR count). The molecule has 1 aromatic carbocycles. The summed E-state index contributed by atoms with van der Waals surface area (Å²) in [6.45, 7) is 4.26. The number of halogens is 1. The van der Waals surface area contributed by atoms with Crippen molar-refractivity contribution >= 4 is 29.2 Å². The average molecular weight is 449 g/mol. The number of nitrogens with zero attached hydrogens (tertiary/aromatic N) is 2. The predicted molar refractivity (Wildman–Crippen MR) is 116 cm³/mol. The lowest BCUT2D eigenvalue weighted by Gasteiger charge is -2.32. The van der Waals surface area contributed by atoms with Gasteiger partial charge >= 0.3 is 0 Å². The Bertz CT molecular complexity index is 938. The monoisotopic (exact) mass is 448 g/mol. The molecule has 9 nitrogen and oxygen atoms in total. The first-order valence-corrected chi connectivity index (χ1v) is 10.1. The van der Waals surface area contributed by atoms with Crippen molar-refractivity contribution in [2.75, 3.05) is 38.3 Å². The lowest BCUT2D eigenvalue weighted by molar-refractivity contribution is -0.119. The second kappa shape index (κ2) is 10.3. The van der Waals surface area contributed by atoms with E-state index in [1.807, 2.05) is 19.1 Å². The summed E-state index contributed by atoms with van der Waals surface area (Å²) in [7, 11) is 1.41. The van der Waals surface area contributed by atoms with E-state index in [4.69, 9.17) is 31.5 Å². The Morgan fingerprint density at radius 2 is 2.19 bits per heavy atom. The summed E-state index contributed by atoms with van der Waals surface area (Å²) in [6.07, 6.45) is 1.91. The maximum Gasteiger partial charge on any atom is 0.255 e. The van der Waals surface area contributed by atoms with Crippen LogP contribution in [0.15, 0.2) is 30.5 Å². The van der Waals surface area contributed by atoms with Gasteiger partial charge in [-0.1, -0.05) is 17.7 Å². The molecule has 2 amide bonds. The van der Waals surface area contributed by atoms with Crippen LogP contribution in [-0.4, -0.2) is 56.3 Å². The van der Waals surface area contributed by atoms with Crippen molar-refractivity contribution in [1.29, 1.82) is 0 Å². The molecule has 10 heteroatoms. The fourth-order valence-corrected chi connectivity index (χ4v) is 3.42. The Morgan fingerprint density at radius 3 is 2.84 bits per heavy atom. The SMILES string of the molecule is COc1cc(C(=O)NCc2ccc(N3CCOC(C)C3)nc2)cc(Cl)c1OCC(N)=O. The van der Waals surface area contributed by atoms with Crippen LogP contribution >= 0.6 is 11.6 Å². The molecule has 0 bridgehead atoms. The first-order valence-electron chi connectivity index (χ1n) is 9.75. The van der Waals surface area contributed by atoms with Gasteiger partial charge in [0.2, 0.25) is 0 Å². The predicted octanol–water partition coefficient (Wildman–Crippen LogP) is 1.76. The van der Waals surface area contributed by atoms with Crippen molar-refractivity contribution in [1.82, 2.24) is 10.3 Å². The number of nitrogens with one attached hydrogen (secondary N) is 1. The Labute approximate surface area is 185 Å². The van der Waals surface area contributed by atoms with Gasteiger partial charge in [0.05, 0.1) is 24.8 Å². The molecular weight excluding hydrogens is 424 g/mol. The van der Waals surface area contributed by atoms with Crippen molar-refractivity contribution in [3.63, 3.8) is 0 Å². The molecule has 0 aliphatic carbocycles. The lowest BCUT2D eigenvalue weighted by Crippen LogP contribution is -2.41. The molecule has 0 radical (unpaired) electrons. The van der Waals surface area contributed by atoms with E-state index in [0.29, 0.717) is 18.7 Å². The van der Waals surface area contributed by atoms with Crippen molar-refractivity contribution < 1.29 is 23.8 Å². The molecule has 1 aliphatic heterocycles. The number of hydrogen-bond donors (Lipinski definition) is 2. The molecule has 166 valence electrons. The minimum absolute atomic E-state index is 0.136. The van der Waals surface area contributed by atoms with E-state index in [9.17, 15) is 9.59 Å². The van der Waals surface area contributed by atoms with Gasteiger partial charge in [-0.25, -0.2) is 4.98 Å². The van der Waals surface area contributed by atoms with Gasteiger partial charge in [0.1, 0.15) is 5.82 Å². The van der Waals surface area contributed by atoms with Crippen LogP contribution in [0, 0.1) is 0 Å². The van der Waals surface area contributed by atoms with Crippen LogP contribution in [0.3, 0.4) is 0 Å². The number of carbonyl (C=O) groups excluding carboxylic acids is 2. The number of aromatic nitrogens is 1. The molecule has 2 heterocycles. The minimum atomic E-state index is -0.650. The molecule has 1 aromatic heterocycles. The van der Waals surface area contributed by atoms with E-state index in [-0.39, 0.29) is 35.1 Å². The molecule has 3 N–H and O–H groups in total. The highest BCUT2D eigenvalue weighted by Gasteiger charge is 2.18. The van der Waals surface area contributed by atoms with Crippen LogP contribution in [0.1, 0.15) is 22.8 Å². The summed E-state index contributed by atoms with van der Waals surface area (Å²) in [5.74, 6) is 0.269. The summed E-state index contributed by atoms with van der Waals surface area (Å²) in [5, 5.41) is 2.96. The number of nitrogens with two attached hydrogens (primary N) is 1. The van der Waals surface area contributed by atoms with Crippen LogP contribution in [0.4, 0.5) is 5.82 Å². The number of morpholine rings is 1. The zero-order valence-corrected chi connectivity index (χ0v) is 18.1. The third-order valence-corrected chi connectivity index (χ3v) is 4.96. The number of ether oxygens (including phenoxy) is 3. The maximum atomic E-state index is 12.6. The highest BCUT2D eigenvalue weighted by Crippen LogP contribution is 2.36. The first kappa shape index (κ1) is 22.6. The summed E-state index contributed by atoms with van der Waals surface area (Å²) in [5.41, 5.74) is 6.24. The van der Waals surface area contributed by atoms with Gasteiger partial charge in [0.25, 0.3) is 11.8 Å². The molecule has 0 spiro atoms. The zero-order chi connectivity index (χ0) is 22.4. The van der Waals surface area contributed by atoms with Gasteiger partial charge in [-0.05, 0) is 30.7 Å². The third-order valence-electron chi connectivity index (χ3n) is 4.68. The van der Waals surface area contributed by atoms with Crippen LogP contribution in [0.5, 0.6) is 11.5 Å². The number of anilines is 1. The summed E-state index contributed by atoms with van der Waals surface area (Å²) >= 11 is 6.20. The van der Waals surface area contributed by atoms with E-state index in [1.54, 1.807) is 6.20 Å². The van der Waals surface area contributed by atoms with Crippen LogP contribution in [0.2, 0.25) is 5.02 Å². The van der Waals surface area contributed by atoms with Gasteiger partial charge in [-0.15, -0.1) is 0 Å². The molecule has 1 aliphatic rings. The van der Waals surface area contributed by atoms with Gasteiger partial charge in [0.15, 0.2) is 18.1 Å². The lowest BCUT2D eigenvalue weighted by atomic mass is 10.1. The normalized spacial score (nSPS) is 16.0. The van der Waals surface area contributed by atoms with Crippen LogP contribution < -0.4 is 25.4 Å². The molecule has 1 unspecified atom stereocenters. The number of hydrogen-bond acceptors (Lipinski definition) is 7. The standard InChI is InChI=1S/C21H25ClN4O5/c1-13-11-26(5-6-30-13)19-4-3-14(9-24-19)10-25-21(28)15-7-16(22)20(17(8-15)29-2)31-12-18(23)27/h3-4,7-9,13H,5-6,10-12H2,1-2H3,(H2,23,27)(H,25,28). The fraction of sp³-hybridized carbons (Fsp3) is 0.381. The van der Waals surface area contributed by atoms with E-state index < -0.39 is 5.91 Å². The molecule has 31 heavy (non-hydrogen) atoms. The van der Waals surface area contributed by atoms with Crippen molar-refractivity contribution in [2.45, 2.75) is 19.6 Å².